The van der Waals surface area contributed by atoms with Crippen molar-refractivity contribution in [1.29, 1.82) is 0 Å². The van der Waals surface area contributed by atoms with Crippen LogP contribution in [0.4, 0.5) is 0 Å². The Hall–Kier alpha value is -0.710. The number of aromatic carboxylic acids is 1. The van der Waals surface area contributed by atoms with Gasteiger partial charge in [-0.3, -0.25) is 0 Å². The second kappa shape index (κ2) is 6.59. The maximum absolute atomic E-state index is 12.7. The fourth-order valence-electron chi connectivity index (χ4n) is 2.44. The van der Waals surface area contributed by atoms with Crippen molar-refractivity contribution >= 4 is 38.6 Å². The normalized spacial score (nSPS) is 20.4. The van der Waals surface area contributed by atoms with Crippen molar-refractivity contribution in [2.24, 2.45) is 0 Å². The SMILES string of the molecule is O=C(O)c1cc(S(=O)(=O)N2CCCCC2CO)ccc1I. The first kappa shape index (κ1) is 16.7. The highest BCUT2D eigenvalue weighted by atomic mass is 127. The minimum absolute atomic E-state index is 0.0331. The van der Waals surface area contributed by atoms with Gasteiger partial charge in [0.15, 0.2) is 0 Å². The number of carboxylic acids is 1. The zero-order chi connectivity index (χ0) is 15.6. The average molecular weight is 425 g/mol. The maximum atomic E-state index is 12.7. The molecular formula is C13H16INO5S. The van der Waals surface area contributed by atoms with E-state index >= 15 is 0 Å². The Labute approximate surface area is 137 Å². The van der Waals surface area contributed by atoms with Crippen molar-refractivity contribution < 1.29 is 23.4 Å². The molecule has 1 aliphatic heterocycles. The van der Waals surface area contributed by atoms with Crippen LogP contribution in [0, 0.1) is 3.57 Å². The van der Waals surface area contributed by atoms with Gasteiger partial charge in [0.1, 0.15) is 0 Å². The summed E-state index contributed by atoms with van der Waals surface area (Å²) in [6.07, 6.45) is 2.24. The van der Waals surface area contributed by atoms with Crippen LogP contribution in [0.15, 0.2) is 23.1 Å². The number of aliphatic hydroxyl groups is 1. The second-order valence-corrected chi connectivity index (χ2v) is 7.95. The molecule has 1 aromatic carbocycles. The Morgan fingerprint density at radius 2 is 2.10 bits per heavy atom. The minimum atomic E-state index is -3.79. The topological polar surface area (TPSA) is 94.9 Å². The molecule has 116 valence electrons. The molecule has 1 unspecified atom stereocenters. The Morgan fingerprint density at radius 3 is 2.71 bits per heavy atom. The molecule has 8 heteroatoms. The summed E-state index contributed by atoms with van der Waals surface area (Å²) < 4.78 is 27.1. The first-order valence-electron chi connectivity index (χ1n) is 6.53. The third-order valence-electron chi connectivity index (χ3n) is 3.56. The van der Waals surface area contributed by atoms with Crippen LogP contribution in [0.1, 0.15) is 29.6 Å². The van der Waals surface area contributed by atoms with Crippen molar-refractivity contribution in [2.75, 3.05) is 13.2 Å². The monoisotopic (exact) mass is 425 g/mol. The number of aliphatic hydroxyl groups excluding tert-OH is 1. The lowest BCUT2D eigenvalue weighted by Crippen LogP contribution is -2.45. The second-order valence-electron chi connectivity index (χ2n) is 4.89. The molecule has 1 saturated heterocycles. The van der Waals surface area contributed by atoms with E-state index in [9.17, 15) is 18.3 Å². The van der Waals surface area contributed by atoms with Crippen molar-refractivity contribution in [1.82, 2.24) is 4.31 Å². The molecule has 0 bridgehead atoms. The molecule has 21 heavy (non-hydrogen) atoms. The number of piperidine rings is 1. The number of hydrogen-bond donors (Lipinski definition) is 2. The molecular weight excluding hydrogens is 409 g/mol. The van der Waals surface area contributed by atoms with Crippen molar-refractivity contribution in [2.45, 2.75) is 30.2 Å². The van der Waals surface area contributed by atoms with Gasteiger partial charge in [0.25, 0.3) is 0 Å². The van der Waals surface area contributed by atoms with Gasteiger partial charge in [0, 0.05) is 16.2 Å². The molecule has 1 aliphatic rings. The Balaban J connectivity index is 2.43. The zero-order valence-electron chi connectivity index (χ0n) is 11.2. The molecule has 1 fully saturated rings. The molecule has 0 aromatic heterocycles. The molecule has 0 saturated carbocycles. The van der Waals surface area contributed by atoms with Crippen LogP contribution in [0.5, 0.6) is 0 Å². The highest BCUT2D eigenvalue weighted by Crippen LogP contribution is 2.27. The first-order valence-corrected chi connectivity index (χ1v) is 9.05. The summed E-state index contributed by atoms with van der Waals surface area (Å²) in [5.41, 5.74) is -0.0331. The number of halogens is 1. The number of hydrogen-bond acceptors (Lipinski definition) is 4. The van der Waals surface area contributed by atoms with E-state index in [1.54, 1.807) is 0 Å². The van der Waals surface area contributed by atoms with E-state index in [1.807, 2.05) is 22.6 Å². The van der Waals surface area contributed by atoms with E-state index in [0.29, 0.717) is 16.5 Å². The third-order valence-corrected chi connectivity index (χ3v) is 6.45. The molecule has 0 spiro atoms. The van der Waals surface area contributed by atoms with Gasteiger partial charge >= 0.3 is 5.97 Å². The number of benzene rings is 1. The van der Waals surface area contributed by atoms with Gasteiger partial charge in [-0.05, 0) is 53.6 Å². The van der Waals surface area contributed by atoms with Gasteiger partial charge in [0.05, 0.1) is 17.1 Å². The summed E-state index contributed by atoms with van der Waals surface area (Å²) >= 11 is 1.86. The number of carboxylic acid groups (broad SMARTS) is 1. The van der Waals surface area contributed by atoms with E-state index in [1.165, 1.54) is 22.5 Å². The van der Waals surface area contributed by atoms with E-state index < -0.39 is 22.0 Å². The third kappa shape index (κ3) is 3.38. The van der Waals surface area contributed by atoms with Crippen LogP contribution >= 0.6 is 22.6 Å². The van der Waals surface area contributed by atoms with Crippen LogP contribution in [0.2, 0.25) is 0 Å². The van der Waals surface area contributed by atoms with Crippen LogP contribution < -0.4 is 0 Å². The summed E-state index contributed by atoms with van der Waals surface area (Å²) in [6, 6.07) is 3.64. The fourth-order valence-corrected chi connectivity index (χ4v) is 4.71. The summed E-state index contributed by atoms with van der Waals surface area (Å²) in [5.74, 6) is -1.16. The Bertz CT molecular complexity index is 646. The molecule has 1 heterocycles. The molecule has 6 nitrogen and oxygen atoms in total. The summed E-state index contributed by atoms with van der Waals surface area (Å²) in [5, 5.41) is 18.5. The lowest BCUT2D eigenvalue weighted by Gasteiger charge is -2.33. The van der Waals surface area contributed by atoms with E-state index in [4.69, 9.17) is 5.11 Å². The van der Waals surface area contributed by atoms with Crippen molar-refractivity contribution in [3.8, 4) is 0 Å². The molecule has 2 rings (SSSR count). The standard InChI is InChI=1S/C13H16INO5S/c14-12-5-4-10(7-11(12)13(17)18)21(19,20)15-6-2-1-3-9(15)8-16/h4-5,7,9,16H,1-3,6,8H2,(H,17,18). The van der Waals surface area contributed by atoms with Crippen LogP contribution in [-0.2, 0) is 10.0 Å². The maximum Gasteiger partial charge on any atom is 0.336 e. The predicted octanol–water partition coefficient (Wildman–Crippen LogP) is 1.52. The minimum Gasteiger partial charge on any atom is -0.478 e. The lowest BCUT2D eigenvalue weighted by molar-refractivity contribution is 0.0695. The van der Waals surface area contributed by atoms with Crippen LogP contribution in [0.25, 0.3) is 0 Å². The number of nitrogens with zero attached hydrogens (tertiary/aromatic N) is 1. The van der Waals surface area contributed by atoms with Gasteiger partial charge in [-0.1, -0.05) is 6.42 Å². The first-order chi connectivity index (χ1) is 9.87. The van der Waals surface area contributed by atoms with Gasteiger partial charge in [0.2, 0.25) is 10.0 Å². The van der Waals surface area contributed by atoms with E-state index in [-0.39, 0.29) is 17.1 Å². The Morgan fingerprint density at radius 1 is 1.38 bits per heavy atom. The lowest BCUT2D eigenvalue weighted by atomic mass is 10.1. The van der Waals surface area contributed by atoms with Gasteiger partial charge in [-0.2, -0.15) is 4.31 Å². The number of sulfonamides is 1. The average Bonchev–Trinajstić information content (AvgIpc) is 2.47. The van der Waals surface area contributed by atoms with Gasteiger partial charge in [-0.15, -0.1) is 0 Å². The zero-order valence-corrected chi connectivity index (χ0v) is 14.2. The Kier molecular flexibility index (Phi) is 5.23. The van der Waals surface area contributed by atoms with E-state index in [0.717, 1.165) is 12.8 Å². The number of carbonyl (C=O) groups is 1. The molecule has 1 aromatic rings. The molecule has 0 aliphatic carbocycles. The summed E-state index contributed by atoms with van der Waals surface area (Å²) in [6.45, 7) is 0.122. The highest BCUT2D eigenvalue weighted by molar-refractivity contribution is 14.1. The van der Waals surface area contributed by atoms with Gasteiger partial charge < -0.3 is 10.2 Å². The quantitative estimate of drug-likeness (QED) is 0.714. The molecule has 1 atom stereocenters. The van der Waals surface area contributed by atoms with Crippen molar-refractivity contribution in [3.05, 3.63) is 27.3 Å². The largest absolute Gasteiger partial charge is 0.478 e. The predicted molar refractivity (Wildman–Crippen MR) is 84.7 cm³/mol. The van der Waals surface area contributed by atoms with Gasteiger partial charge in [-0.25, -0.2) is 13.2 Å². The van der Waals surface area contributed by atoms with Crippen molar-refractivity contribution in [3.63, 3.8) is 0 Å². The molecule has 0 amide bonds. The smallest absolute Gasteiger partial charge is 0.336 e. The van der Waals surface area contributed by atoms with Crippen LogP contribution in [0.3, 0.4) is 0 Å². The number of rotatable bonds is 4. The fraction of sp³-hybridized carbons (Fsp3) is 0.462. The van der Waals surface area contributed by atoms with Crippen LogP contribution in [-0.4, -0.2) is 48.1 Å². The summed E-state index contributed by atoms with van der Waals surface area (Å²) in [7, 11) is -3.79. The molecule has 0 radical (unpaired) electrons. The highest BCUT2D eigenvalue weighted by Gasteiger charge is 2.33. The van der Waals surface area contributed by atoms with E-state index in [2.05, 4.69) is 0 Å². The molecule has 2 N–H and O–H groups in total. The summed E-state index contributed by atoms with van der Waals surface area (Å²) in [4.78, 5) is 11.1.